The van der Waals surface area contributed by atoms with Gasteiger partial charge in [-0.15, -0.1) is 0 Å². The minimum atomic E-state index is -1.00. The molecule has 0 bridgehead atoms. The molecule has 1 aromatic carbocycles. The number of benzene rings is 1. The molecule has 0 unspecified atom stereocenters. The van der Waals surface area contributed by atoms with E-state index in [0.29, 0.717) is 0 Å². The molecule has 10 nitrogen and oxygen atoms in total. The minimum absolute atomic E-state index is 0.0138. The Hall–Kier alpha value is -3.69. The van der Waals surface area contributed by atoms with Gasteiger partial charge in [-0.25, -0.2) is 4.79 Å². The zero-order chi connectivity index (χ0) is 20.7. The maximum Gasteiger partial charge on any atom is 0.329 e. The van der Waals surface area contributed by atoms with E-state index in [1.165, 1.54) is 42.7 Å². The molecule has 10 heteroatoms. The van der Waals surface area contributed by atoms with Crippen LogP contribution >= 0.6 is 0 Å². The summed E-state index contributed by atoms with van der Waals surface area (Å²) in [5, 5.41) is 15.8. The summed E-state index contributed by atoms with van der Waals surface area (Å²) in [6, 6.07) is 7.55. The molecule has 148 valence electrons. The van der Waals surface area contributed by atoms with Crippen molar-refractivity contribution in [1.29, 1.82) is 0 Å². The predicted molar refractivity (Wildman–Crippen MR) is 97.5 cm³/mol. The highest BCUT2D eigenvalue weighted by atomic mass is 16.6. The molecule has 0 fully saturated rings. The van der Waals surface area contributed by atoms with Crippen molar-refractivity contribution in [2.75, 3.05) is 11.9 Å². The number of esters is 1. The van der Waals surface area contributed by atoms with Gasteiger partial charge in [-0.1, -0.05) is 26.0 Å². The smallest absolute Gasteiger partial charge is 0.329 e. The van der Waals surface area contributed by atoms with E-state index in [1.807, 2.05) is 0 Å². The number of nitro groups is 1. The number of hydrogen-bond acceptors (Lipinski definition) is 7. The van der Waals surface area contributed by atoms with E-state index in [1.54, 1.807) is 13.8 Å². The molecular weight excluding hydrogens is 370 g/mol. The number of nitrogens with zero attached hydrogens (tertiary/aromatic N) is 1. The van der Waals surface area contributed by atoms with E-state index in [9.17, 15) is 24.5 Å². The van der Waals surface area contributed by atoms with Gasteiger partial charge in [0, 0.05) is 6.07 Å². The van der Waals surface area contributed by atoms with Crippen LogP contribution in [0.1, 0.15) is 24.4 Å². The second-order valence-electron chi connectivity index (χ2n) is 6.10. The van der Waals surface area contributed by atoms with Crippen molar-refractivity contribution in [2.24, 2.45) is 5.92 Å². The van der Waals surface area contributed by atoms with Gasteiger partial charge in [0.25, 0.3) is 17.5 Å². The zero-order valence-corrected chi connectivity index (χ0v) is 15.2. The van der Waals surface area contributed by atoms with Crippen LogP contribution in [0.2, 0.25) is 0 Å². The van der Waals surface area contributed by atoms with Gasteiger partial charge in [0.2, 0.25) is 0 Å². The molecule has 0 saturated carbocycles. The summed E-state index contributed by atoms with van der Waals surface area (Å²) in [5.74, 6) is -2.43. The summed E-state index contributed by atoms with van der Waals surface area (Å²) in [5.41, 5.74) is -0.298. The SMILES string of the molecule is CC(C)[C@@H](NC(=O)c1ccco1)C(=O)OCC(=O)Nc1ccccc1[N+](=O)[O-]. The number of para-hydroxylation sites is 2. The van der Waals surface area contributed by atoms with E-state index < -0.39 is 35.4 Å². The lowest BCUT2D eigenvalue weighted by atomic mass is 10.0. The van der Waals surface area contributed by atoms with Gasteiger partial charge in [-0.2, -0.15) is 0 Å². The topological polar surface area (TPSA) is 141 Å². The maximum atomic E-state index is 12.3. The van der Waals surface area contributed by atoms with E-state index in [2.05, 4.69) is 10.6 Å². The lowest BCUT2D eigenvalue weighted by Gasteiger charge is -2.20. The number of amides is 2. The number of carbonyl (C=O) groups excluding carboxylic acids is 3. The van der Waals surface area contributed by atoms with Gasteiger partial charge < -0.3 is 19.8 Å². The Labute approximate surface area is 160 Å². The van der Waals surface area contributed by atoms with E-state index in [0.717, 1.165) is 0 Å². The predicted octanol–water partition coefficient (Wildman–Crippen LogP) is 2.12. The molecule has 0 aliphatic heterocycles. The van der Waals surface area contributed by atoms with Crippen molar-refractivity contribution in [3.05, 3.63) is 58.5 Å². The largest absolute Gasteiger partial charge is 0.459 e. The molecule has 28 heavy (non-hydrogen) atoms. The van der Waals surface area contributed by atoms with Crippen LogP contribution in [0.25, 0.3) is 0 Å². The normalized spacial score (nSPS) is 11.5. The number of nitrogens with one attached hydrogen (secondary N) is 2. The third-order valence-corrected chi connectivity index (χ3v) is 3.67. The summed E-state index contributed by atoms with van der Waals surface area (Å²) in [6.45, 7) is 2.73. The minimum Gasteiger partial charge on any atom is -0.459 e. The fourth-order valence-electron chi connectivity index (χ4n) is 2.27. The monoisotopic (exact) mass is 389 g/mol. The Morgan fingerprint density at radius 1 is 1.18 bits per heavy atom. The molecule has 2 N–H and O–H groups in total. The molecule has 0 spiro atoms. The highest BCUT2D eigenvalue weighted by Gasteiger charge is 2.27. The number of ether oxygens (including phenoxy) is 1. The van der Waals surface area contributed by atoms with Crippen molar-refractivity contribution >= 4 is 29.2 Å². The number of carbonyl (C=O) groups is 3. The Morgan fingerprint density at radius 2 is 1.89 bits per heavy atom. The molecular formula is C18H19N3O7. The van der Waals surface area contributed by atoms with Crippen molar-refractivity contribution in [3.63, 3.8) is 0 Å². The highest BCUT2D eigenvalue weighted by molar-refractivity contribution is 5.96. The first-order valence-corrected chi connectivity index (χ1v) is 8.34. The van der Waals surface area contributed by atoms with Crippen molar-refractivity contribution in [3.8, 4) is 0 Å². The summed E-state index contributed by atoms with van der Waals surface area (Å²) < 4.78 is 9.92. The van der Waals surface area contributed by atoms with Crippen LogP contribution in [0.4, 0.5) is 11.4 Å². The van der Waals surface area contributed by atoms with Crippen molar-refractivity contribution < 1.29 is 28.5 Å². The Kier molecular flexibility index (Phi) is 6.85. The number of rotatable bonds is 8. The van der Waals surface area contributed by atoms with Crippen LogP contribution in [0, 0.1) is 16.0 Å². The van der Waals surface area contributed by atoms with Crippen LogP contribution in [-0.4, -0.2) is 35.4 Å². The summed E-state index contributed by atoms with van der Waals surface area (Å²) in [4.78, 5) is 46.6. The third-order valence-electron chi connectivity index (χ3n) is 3.67. The fourth-order valence-corrected chi connectivity index (χ4v) is 2.27. The highest BCUT2D eigenvalue weighted by Crippen LogP contribution is 2.22. The van der Waals surface area contributed by atoms with E-state index >= 15 is 0 Å². The Balaban J connectivity index is 1.94. The molecule has 1 aromatic heterocycles. The van der Waals surface area contributed by atoms with Crippen LogP contribution < -0.4 is 10.6 Å². The number of nitro benzene ring substituents is 1. The average molecular weight is 389 g/mol. The molecule has 0 radical (unpaired) electrons. The van der Waals surface area contributed by atoms with Gasteiger partial charge in [0.1, 0.15) is 11.7 Å². The first kappa shape index (κ1) is 20.6. The molecule has 2 rings (SSSR count). The van der Waals surface area contributed by atoms with Crippen LogP contribution in [0.5, 0.6) is 0 Å². The fraction of sp³-hybridized carbons (Fsp3) is 0.278. The first-order valence-electron chi connectivity index (χ1n) is 8.34. The van der Waals surface area contributed by atoms with E-state index in [4.69, 9.17) is 9.15 Å². The Morgan fingerprint density at radius 3 is 2.50 bits per heavy atom. The first-order chi connectivity index (χ1) is 13.3. The lowest BCUT2D eigenvalue weighted by molar-refractivity contribution is -0.383. The van der Waals surface area contributed by atoms with E-state index in [-0.39, 0.29) is 23.1 Å². The molecule has 1 heterocycles. The molecule has 0 aliphatic carbocycles. The Bertz CT molecular complexity index is 862. The molecule has 2 amide bonds. The van der Waals surface area contributed by atoms with Gasteiger partial charge in [-0.05, 0) is 24.1 Å². The second kappa shape index (κ2) is 9.31. The molecule has 0 aliphatic rings. The van der Waals surface area contributed by atoms with Crippen LogP contribution in [0.3, 0.4) is 0 Å². The number of hydrogen-bond donors (Lipinski definition) is 2. The van der Waals surface area contributed by atoms with Gasteiger partial charge in [0.15, 0.2) is 12.4 Å². The summed E-state index contributed by atoms with van der Waals surface area (Å²) in [6.07, 6.45) is 1.32. The molecule has 0 saturated heterocycles. The van der Waals surface area contributed by atoms with Crippen LogP contribution in [0.15, 0.2) is 47.1 Å². The quantitative estimate of drug-likeness (QED) is 0.400. The molecule has 1 atom stereocenters. The van der Waals surface area contributed by atoms with Crippen LogP contribution in [-0.2, 0) is 14.3 Å². The van der Waals surface area contributed by atoms with Gasteiger partial charge >= 0.3 is 5.97 Å². The zero-order valence-electron chi connectivity index (χ0n) is 15.2. The third kappa shape index (κ3) is 5.40. The molecule has 2 aromatic rings. The van der Waals surface area contributed by atoms with Crippen molar-refractivity contribution in [1.82, 2.24) is 5.32 Å². The van der Waals surface area contributed by atoms with Gasteiger partial charge in [-0.3, -0.25) is 19.7 Å². The second-order valence-corrected chi connectivity index (χ2v) is 6.10. The number of anilines is 1. The summed E-state index contributed by atoms with van der Waals surface area (Å²) in [7, 11) is 0. The number of furan rings is 1. The maximum absolute atomic E-state index is 12.3. The average Bonchev–Trinajstić information content (AvgIpc) is 3.19. The van der Waals surface area contributed by atoms with Gasteiger partial charge in [0.05, 0.1) is 11.2 Å². The standard InChI is InChI=1S/C18H19N3O7/c1-11(2)16(20-17(23)14-8-5-9-27-14)18(24)28-10-15(22)19-12-6-3-4-7-13(12)21(25)26/h3-9,11,16H,10H2,1-2H3,(H,19,22)(H,20,23)/t16-/m1/s1. The lowest BCUT2D eigenvalue weighted by Crippen LogP contribution is -2.45. The van der Waals surface area contributed by atoms with Crippen molar-refractivity contribution in [2.45, 2.75) is 19.9 Å². The summed E-state index contributed by atoms with van der Waals surface area (Å²) >= 11 is 0.